The lowest BCUT2D eigenvalue weighted by atomic mass is 9.64. The number of hydrogen-bond acceptors (Lipinski definition) is 1. The Labute approximate surface area is 496 Å². The van der Waals surface area contributed by atoms with Crippen molar-refractivity contribution in [2.75, 3.05) is 5.75 Å². The van der Waals surface area contributed by atoms with Gasteiger partial charge in [0.25, 0.3) is 0 Å². The van der Waals surface area contributed by atoms with E-state index in [0.29, 0.717) is 11.8 Å². The van der Waals surface area contributed by atoms with Crippen LogP contribution in [0.1, 0.15) is 182 Å². The van der Waals surface area contributed by atoms with Gasteiger partial charge in [-0.25, -0.2) is 0 Å². The van der Waals surface area contributed by atoms with E-state index in [1.165, 1.54) is 142 Å². The fraction of sp³-hybridized carbons (Fsp3) is 0.325. The molecule has 0 N–H and O–H groups in total. The minimum atomic E-state index is -0.0505. The molecule has 0 fully saturated rings. The minimum Gasteiger partial charge on any atom is -0.126 e. The van der Waals surface area contributed by atoms with Gasteiger partial charge >= 0.3 is 0 Å². The summed E-state index contributed by atoms with van der Waals surface area (Å²) < 4.78 is 0. The third kappa shape index (κ3) is 12.6. The highest BCUT2D eigenvalue weighted by molar-refractivity contribution is 7.99. The van der Waals surface area contributed by atoms with Crippen LogP contribution in [0.25, 0.3) is 39.0 Å². The molecule has 6 aliphatic carbocycles. The van der Waals surface area contributed by atoms with Gasteiger partial charge in [-0.2, -0.15) is 0 Å². The summed E-state index contributed by atoms with van der Waals surface area (Å²) in [6.07, 6.45) is 22.0. The second-order valence-electron chi connectivity index (χ2n) is 22.1. The summed E-state index contributed by atoms with van der Waals surface area (Å²) >= 11 is 2.01. The predicted molar refractivity (Wildman–Crippen MR) is 361 cm³/mol. The van der Waals surface area contributed by atoms with E-state index in [4.69, 9.17) is 0 Å². The van der Waals surface area contributed by atoms with E-state index in [2.05, 4.69) is 250 Å². The fourth-order valence-electron chi connectivity index (χ4n) is 13.0. The molecule has 0 bridgehead atoms. The molecule has 1 heterocycles. The summed E-state index contributed by atoms with van der Waals surface area (Å²) in [5.74, 6) is 2.44. The van der Waals surface area contributed by atoms with Crippen molar-refractivity contribution in [1.29, 1.82) is 0 Å². The van der Waals surface area contributed by atoms with Crippen molar-refractivity contribution in [2.24, 2.45) is 11.8 Å². The number of rotatable bonds is 2. The van der Waals surface area contributed by atoms with Crippen molar-refractivity contribution in [3.63, 3.8) is 0 Å². The zero-order valence-corrected chi connectivity index (χ0v) is 53.1. The van der Waals surface area contributed by atoms with E-state index < -0.39 is 0 Å². The molecular formula is C80H94S. The Morgan fingerprint density at radius 3 is 1.59 bits per heavy atom. The Morgan fingerprint density at radius 1 is 0.506 bits per heavy atom. The quantitative estimate of drug-likeness (QED) is 0.166. The van der Waals surface area contributed by atoms with Gasteiger partial charge in [0.05, 0.1) is 5.41 Å². The van der Waals surface area contributed by atoms with Crippen LogP contribution in [0.5, 0.6) is 0 Å². The number of fused-ring (bicyclic) bond motifs is 14. The van der Waals surface area contributed by atoms with Gasteiger partial charge in [0, 0.05) is 22.0 Å². The molecule has 0 aromatic heterocycles. The van der Waals surface area contributed by atoms with Crippen LogP contribution in [0.15, 0.2) is 210 Å². The predicted octanol–water partition coefficient (Wildman–Crippen LogP) is 23.5. The largest absolute Gasteiger partial charge is 0.126 e. The Balaban J connectivity index is 0.000000154. The highest BCUT2D eigenvalue weighted by atomic mass is 32.2. The van der Waals surface area contributed by atoms with Crippen molar-refractivity contribution in [3.8, 4) is 22.3 Å². The minimum absolute atomic E-state index is 0.0505. The van der Waals surface area contributed by atoms with Gasteiger partial charge < -0.3 is 0 Å². The van der Waals surface area contributed by atoms with Gasteiger partial charge in [0.15, 0.2) is 0 Å². The summed E-state index contributed by atoms with van der Waals surface area (Å²) in [5, 5.41) is 0. The second kappa shape index (κ2) is 28.3. The molecule has 1 heteroatoms. The first kappa shape index (κ1) is 61.9. The van der Waals surface area contributed by atoms with Crippen LogP contribution >= 0.6 is 11.8 Å². The van der Waals surface area contributed by atoms with E-state index in [9.17, 15) is 0 Å². The average Bonchev–Trinajstić information content (AvgIpc) is 4.26. The maximum Gasteiger partial charge on any atom is 0.0541 e. The lowest BCUT2D eigenvalue weighted by Crippen LogP contribution is -2.33. The Hall–Kier alpha value is -6.67. The Kier molecular flexibility index (Phi) is 21.7. The van der Waals surface area contributed by atoms with Crippen LogP contribution < -0.4 is 0 Å². The number of benzene rings is 7. The van der Waals surface area contributed by atoms with Crippen molar-refractivity contribution in [1.82, 2.24) is 0 Å². The van der Waals surface area contributed by atoms with Gasteiger partial charge in [-0.15, -0.1) is 11.8 Å². The summed E-state index contributed by atoms with van der Waals surface area (Å²) in [7, 11) is 0. The number of allylic oxidation sites excluding steroid dienone is 12. The molecule has 0 nitrogen and oxygen atoms in total. The molecule has 7 aliphatic rings. The fourth-order valence-corrected chi connectivity index (χ4v) is 14.2. The molecule has 0 radical (unpaired) electrons. The summed E-state index contributed by atoms with van der Waals surface area (Å²) in [5.41, 5.74) is 30.4. The standard InChI is InChI=1S/C26H20.C17H18.C16H18S.C13H14.4C2H6/c1-17-14-15-21-20-10-4-7-13-24(20)26(25(21)16-17)22-11-5-2-8-18(22)19-9-3-6-12-23(19)26;1-11-5-7-13-14-8-6-12(2)10-16(14)17(3,4)15(13)9-11;1-11-5-3-4-6-14(11)15-10-13-7-8-17-16(13)9-12(15)2;1-11-7-9-13(10-8-11)12-5-3-2-4-6-12;4*1-2/h2-15,25H,16H2,1H3;5-10H,1-4H3;3,5,9-10H,4,6-8H2,1-2H3;2-7,9-11H,8H2,1H3;4*1-2H3. The van der Waals surface area contributed by atoms with Crippen molar-refractivity contribution in [3.05, 3.63) is 272 Å². The first-order valence-corrected chi connectivity index (χ1v) is 31.9. The molecule has 81 heavy (non-hydrogen) atoms. The van der Waals surface area contributed by atoms with Gasteiger partial charge in [-0.3, -0.25) is 0 Å². The molecule has 1 aliphatic heterocycles. The normalized spacial score (nSPS) is 17.6. The van der Waals surface area contributed by atoms with Crippen LogP contribution in [0.3, 0.4) is 0 Å². The van der Waals surface area contributed by atoms with E-state index in [1.54, 1.807) is 11.1 Å². The smallest absolute Gasteiger partial charge is 0.0541 e. The monoisotopic (exact) mass is 1090 g/mol. The van der Waals surface area contributed by atoms with Gasteiger partial charge in [0.1, 0.15) is 0 Å². The first-order chi connectivity index (χ1) is 39.4. The van der Waals surface area contributed by atoms with Crippen LogP contribution in [-0.2, 0) is 17.3 Å². The highest BCUT2D eigenvalue weighted by Crippen LogP contribution is 2.65. The Morgan fingerprint density at radius 2 is 1.04 bits per heavy atom. The maximum atomic E-state index is 2.45. The molecule has 7 aromatic carbocycles. The van der Waals surface area contributed by atoms with Crippen LogP contribution in [0, 0.1) is 32.6 Å². The molecule has 0 saturated carbocycles. The van der Waals surface area contributed by atoms with Crippen LogP contribution in [-0.4, -0.2) is 5.75 Å². The number of hydrogen-bond donors (Lipinski definition) is 0. The van der Waals surface area contributed by atoms with E-state index in [-0.39, 0.29) is 10.8 Å². The number of thioether (sulfide) groups is 1. The summed E-state index contributed by atoms with van der Waals surface area (Å²) in [6.45, 7) is 34.0. The molecule has 2 atom stereocenters. The summed E-state index contributed by atoms with van der Waals surface area (Å²) in [6, 6.07) is 56.2. The third-order valence-corrected chi connectivity index (χ3v) is 17.9. The van der Waals surface area contributed by atoms with Gasteiger partial charge in [0.2, 0.25) is 0 Å². The molecule has 0 amide bonds. The molecule has 0 saturated heterocycles. The lowest BCUT2D eigenvalue weighted by Gasteiger charge is -2.37. The zero-order chi connectivity index (χ0) is 58.4. The third-order valence-electron chi connectivity index (χ3n) is 16.8. The maximum absolute atomic E-state index is 2.45. The van der Waals surface area contributed by atoms with Crippen LogP contribution in [0.2, 0.25) is 0 Å². The summed E-state index contributed by atoms with van der Waals surface area (Å²) in [4.78, 5) is 1.51. The molecule has 14 rings (SSSR count). The lowest BCUT2D eigenvalue weighted by molar-refractivity contribution is 0.485. The van der Waals surface area contributed by atoms with Gasteiger partial charge in [-0.05, 0) is 179 Å². The molecule has 2 unspecified atom stereocenters. The molecule has 1 spiro atoms. The SMILES string of the molecule is CC.CC.CC.CC.CC1=C(c2cc3c(cc2C)SCC3)CCC=C1.CC1=CC=C2c3ccccc3C3(c4ccccc4-c4ccccc43)C2C1.CC1C=CC(c2ccccc2)=CC1.Cc1ccc2c(c1)C(C)(C)c1cc(C)ccc1-2. The van der Waals surface area contributed by atoms with Crippen molar-refractivity contribution >= 4 is 28.5 Å². The van der Waals surface area contributed by atoms with Crippen molar-refractivity contribution in [2.45, 2.75) is 159 Å². The zero-order valence-electron chi connectivity index (χ0n) is 52.3. The van der Waals surface area contributed by atoms with Crippen molar-refractivity contribution < 1.29 is 0 Å². The Bertz CT molecular complexity index is 3370. The second-order valence-corrected chi connectivity index (χ2v) is 23.3. The van der Waals surface area contributed by atoms with Gasteiger partial charge in [-0.1, -0.05) is 281 Å². The van der Waals surface area contributed by atoms with E-state index in [0.717, 1.165) is 6.42 Å². The average molecular weight is 1090 g/mol. The molecule has 7 aromatic rings. The topological polar surface area (TPSA) is 0 Å². The van der Waals surface area contributed by atoms with E-state index in [1.807, 2.05) is 67.2 Å². The van der Waals surface area contributed by atoms with E-state index >= 15 is 0 Å². The first-order valence-electron chi connectivity index (χ1n) is 30.9. The highest BCUT2D eigenvalue weighted by Gasteiger charge is 2.56. The number of aryl methyl sites for hydroxylation is 4. The molecular weight excluding hydrogens is 993 g/mol. The molecule has 420 valence electrons. The van der Waals surface area contributed by atoms with Crippen LogP contribution in [0.4, 0.5) is 0 Å².